The zero-order chi connectivity index (χ0) is 16.3. The number of rotatable bonds is 5. The number of hydrogen-bond acceptors (Lipinski definition) is 4. The Morgan fingerprint density at radius 1 is 1.09 bits per heavy atom. The number of benzene rings is 1. The Morgan fingerprint density at radius 2 is 1.83 bits per heavy atom. The van der Waals surface area contributed by atoms with Crippen LogP contribution in [0.3, 0.4) is 0 Å². The number of carbonyl (C=O) groups excluding carboxylic acids is 1. The maximum atomic E-state index is 12.2. The minimum atomic E-state index is -3.49. The lowest BCUT2D eigenvalue weighted by atomic mass is 9.94. The second-order valence-corrected chi connectivity index (χ2v) is 7.16. The lowest BCUT2D eigenvalue weighted by Gasteiger charge is -2.26. The number of nitrogens with one attached hydrogen (secondary N) is 2. The van der Waals surface area contributed by atoms with E-state index in [1.807, 2.05) is 0 Å². The van der Waals surface area contributed by atoms with Crippen LogP contribution in [-0.2, 0) is 10.0 Å². The summed E-state index contributed by atoms with van der Waals surface area (Å²) in [5.74, 6) is -0.339. The van der Waals surface area contributed by atoms with Crippen LogP contribution in [0.15, 0.2) is 53.6 Å². The van der Waals surface area contributed by atoms with Crippen molar-refractivity contribution >= 4 is 21.6 Å². The fraction of sp³-hybridized carbons (Fsp3) is 0.250. The molecule has 0 bridgehead atoms. The van der Waals surface area contributed by atoms with Crippen molar-refractivity contribution in [1.82, 2.24) is 9.71 Å². The fourth-order valence-electron chi connectivity index (χ4n) is 2.22. The molecule has 1 amide bonds. The maximum absolute atomic E-state index is 12.2. The predicted molar refractivity (Wildman–Crippen MR) is 86.6 cm³/mol. The van der Waals surface area contributed by atoms with Crippen LogP contribution in [0.2, 0.25) is 0 Å². The normalized spacial score (nSPS) is 15.0. The highest BCUT2D eigenvalue weighted by Crippen LogP contribution is 2.21. The molecule has 1 aliphatic rings. The third-order valence-corrected chi connectivity index (χ3v) is 5.28. The minimum Gasteiger partial charge on any atom is -0.321 e. The summed E-state index contributed by atoms with van der Waals surface area (Å²) in [6.45, 7) is 0. The molecule has 2 N–H and O–H groups in total. The van der Waals surface area contributed by atoms with E-state index in [0.29, 0.717) is 11.4 Å². The van der Waals surface area contributed by atoms with Crippen molar-refractivity contribution in [2.45, 2.75) is 30.2 Å². The Kier molecular flexibility index (Phi) is 4.40. The molecule has 23 heavy (non-hydrogen) atoms. The van der Waals surface area contributed by atoms with Gasteiger partial charge < -0.3 is 5.32 Å². The first-order chi connectivity index (χ1) is 11.0. The third-order valence-electron chi connectivity index (χ3n) is 3.75. The van der Waals surface area contributed by atoms with Crippen molar-refractivity contribution in [3.05, 3.63) is 54.4 Å². The number of carbonyl (C=O) groups is 1. The molecule has 1 aromatic heterocycles. The van der Waals surface area contributed by atoms with E-state index in [9.17, 15) is 13.2 Å². The highest BCUT2D eigenvalue weighted by molar-refractivity contribution is 7.89. The predicted octanol–water partition coefficient (Wildman–Crippen LogP) is 2.16. The number of aromatic nitrogens is 1. The molecule has 120 valence electrons. The summed E-state index contributed by atoms with van der Waals surface area (Å²) in [6, 6.07) is 11.2. The number of pyridine rings is 1. The first-order valence-electron chi connectivity index (χ1n) is 7.39. The molecule has 0 unspecified atom stereocenters. The molecule has 0 aliphatic heterocycles. The largest absolute Gasteiger partial charge is 0.321 e. The number of anilines is 1. The van der Waals surface area contributed by atoms with Crippen LogP contribution in [-0.4, -0.2) is 25.4 Å². The van der Waals surface area contributed by atoms with E-state index in [1.54, 1.807) is 30.3 Å². The highest BCUT2D eigenvalue weighted by Gasteiger charge is 2.24. The Bertz CT molecular complexity index is 785. The van der Waals surface area contributed by atoms with Crippen molar-refractivity contribution in [1.29, 1.82) is 0 Å². The lowest BCUT2D eigenvalue weighted by molar-refractivity contribution is 0.102. The molecular weight excluding hydrogens is 314 g/mol. The summed E-state index contributed by atoms with van der Waals surface area (Å²) in [5, 5.41) is 2.68. The minimum absolute atomic E-state index is 0.0449. The molecule has 3 rings (SSSR count). The molecule has 1 aliphatic carbocycles. The van der Waals surface area contributed by atoms with Gasteiger partial charge in [-0.15, -0.1) is 0 Å². The molecule has 2 aromatic rings. The van der Waals surface area contributed by atoms with Crippen LogP contribution in [0, 0.1) is 0 Å². The molecule has 0 spiro atoms. The van der Waals surface area contributed by atoms with Crippen LogP contribution in [0.1, 0.15) is 29.8 Å². The Hall–Kier alpha value is -2.25. The lowest BCUT2D eigenvalue weighted by Crippen LogP contribution is -2.39. The highest BCUT2D eigenvalue weighted by atomic mass is 32.2. The fourth-order valence-corrected chi connectivity index (χ4v) is 3.53. The third kappa shape index (κ3) is 3.75. The SMILES string of the molecule is O=C(Nc1ccc(S(=O)(=O)NC2CCC2)cc1)c1ccccn1. The maximum Gasteiger partial charge on any atom is 0.274 e. The van der Waals surface area contributed by atoms with Crippen molar-refractivity contribution < 1.29 is 13.2 Å². The molecule has 6 nitrogen and oxygen atoms in total. The Morgan fingerprint density at radius 3 is 2.39 bits per heavy atom. The van der Waals surface area contributed by atoms with Crippen molar-refractivity contribution in [2.24, 2.45) is 0 Å². The molecule has 7 heteroatoms. The Balaban J connectivity index is 1.68. The van der Waals surface area contributed by atoms with E-state index in [2.05, 4.69) is 15.0 Å². The number of amides is 1. The number of nitrogens with zero attached hydrogens (tertiary/aromatic N) is 1. The summed E-state index contributed by atoms with van der Waals surface area (Å²) in [5.41, 5.74) is 0.819. The van der Waals surface area contributed by atoms with Crippen LogP contribution in [0.5, 0.6) is 0 Å². The van der Waals surface area contributed by atoms with Gasteiger partial charge >= 0.3 is 0 Å². The summed E-state index contributed by atoms with van der Waals surface area (Å²) >= 11 is 0. The van der Waals surface area contributed by atoms with Gasteiger partial charge in [0, 0.05) is 17.9 Å². The van der Waals surface area contributed by atoms with E-state index in [0.717, 1.165) is 19.3 Å². The summed E-state index contributed by atoms with van der Waals surface area (Å²) in [6.07, 6.45) is 4.37. The van der Waals surface area contributed by atoms with Crippen molar-refractivity contribution in [3.8, 4) is 0 Å². The van der Waals surface area contributed by atoms with Crippen molar-refractivity contribution in [3.63, 3.8) is 0 Å². The average molecular weight is 331 g/mol. The summed E-state index contributed by atoms with van der Waals surface area (Å²) in [4.78, 5) is 16.1. The first-order valence-corrected chi connectivity index (χ1v) is 8.88. The second kappa shape index (κ2) is 6.47. The van der Waals surface area contributed by atoms with Gasteiger partial charge in [0.2, 0.25) is 10.0 Å². The molecule has 1 saturated carbocycles. The topological polar surface area (TPSA) is 88.2 Å². The standard InChI is InChI=1S/C16H17N3O3S/c20-16(15-6-1-2-11-17-15)18-12-7-9-14(10-8-12)23(21,22)19-13-4-3-5-13/h1-2,6-11,13,19H,3-5H2,(H,18,20). The van der Waals surface area contributed by atoms with Gasteiger partial charge in [-0.25, -0.2) is 13.1 Å². The molecule has 1 heterocycles. The molecular formula is C16H17N3O3S. The van der Waals surface area contributed by atoms with Gasteiger partial charge in [-0.05, 0) is 49.2 Å². The van der Waals surface area contributed by atoms with E-state index >= 15 is 0 Å². The molecule has 1 fully saturated rings. The first kappa shape index (κ1) is 15.6. The average Bonchev–Trinajstić information content (AvgIpc) is 2.52. The van der Waals surface area contributed by atoms with Crippen LogP contribution in [0.4, 0.5) is 5.69 Å². The van der Waals surface area contributed by atoms with E-state index in [4.69, 9.17) is 0 Å². The molecule has 0 radical (unpaired) electrons. The summed E-state index contributed by atoms with van der Waals surface area (Å²) < 4.78 is 27.0. The van der Waals surface area contributed by atoms with Crippen LogP contribution >= 0.6 is 0 Å². The molecule has 0 atom stereocenters. The van der Waals surface area contributed by atoms with Crippen LogP contribution < -0.4 is 10.0 Å². The molecule has 1 aromatic carbocycles. The van der Waals surface area contributed by atoms with Gasteiger partial charge in [-0.3, -0.25) is 9.78 Å². The monoisotopic (exact) mass is 331 g/mol. The number of sulfonamides is 1. The van der Waals surface area contributed by atoms with Crippen molar-refractivity contribution in [2.75, 3.05) is 5.32 Å². The smallest absolute Gasteiger partial charge is 0.274 e. The van der Waals surface area contributed by atoms with Gasteiger partial charge in [-0.2, -0.15) is 0 Å². The zero-order valence-electron chi connectivity index (χ0n) is 12.4. The van der Waals surface area contributed by atoms with Gasteiger partial charge in [0.1, 0.15) is 5.69 Å². The van der Waals surface area contributed by atoms with Gasteiger partial charge in [0.25, 0.3) is 5.91 Å². The van der Waals surface area contributed by atoms with Gasteiger partial charge in [0.15, 0.2) is 0 Å². The van der Waals surface area contributed by atoms with Gasteiger partial charge in [0.05, 0.1) is 4.90 Å². The summed E-state index contributed by atoms with van der Waals surface area (Å²) in [7, 11) is -3.49. The molecule has 0 saturated heterocycles. The second-order valence-electron chi connectivity index (χ2n) is 5.44. The zero-order valence-corrected chi connectivity index (χ0v) is 13.2. The number of hydrogen-bond donors (Lipinski definition) is 2. The quantitative estimate of drug-likeness (QED) is 0.879. The Labute approximate surface area is 135 Å². The van der Waals surface area contributed by atoms with Crippen LogP contribution in [0.25, 0.3) is 0 Å². The van der Waals surface area contributed by atoms with E-state index < -0.39 is 10.0 Å². The van der Waals surface area contributed by atoms with E-state index in [-0.39, 0.29) is 16.8 Å². The van der Waals surface area contributed by atoms with E-state index in [1.165, 1.54) is 18.3 Å². The van der Waals surface area contributed by atoms with Gasteiger partial charge in [-0.1, -0.05) is 12.5 Å².